The molecule has 1 fully saturated rings. The lowest BCUT2D eigenvalue weighted by atomic mass is 9.82. The van der Waals surface area contributed by atoms with E-state index >= 15 is 0 Å². The third kappa shape index (κ3) is 3.01. The van der Waals surface area contributed by atoms with Crippen molar-refractivity contribution in [3.63, 3.8) is 0 Å². The molecule has 1 saturated carbocycles. The molecule has 0 unspecified atom stereocenters. The van der Waals surface area contributed by atoms with E-state index in [0.717, 1.165) is 38.5 Å². The Morgan fingerprint density at radius 1 is 1.29 bits per heavy atom. The van der Waals surface area contributed by atoms with Crippen molar-refractivity contribution in [2.45, 2.75) is 70.8 Å². The summed E-state index contributed by atoms with van der Waals surface area (Å²) in [5, 5.41) is 12.3. The van der Waals surface area contributed by atoms with E-state index in [1.54, 1.807) is 0 Å². The van der Waals surface area contributed by atoms with Gasteiger partial charge in [0.05, 0.1) is 0 Å². The van der Waals surface area contributed by atoms with Gasteiger partial charge < -0.3 is 10.4 Å². The summed E-state index contributed by atoms with van der Waals surface area (Å²) in [6.45, 7) is 3.86. The first kappa shape index (κ1) is 15.7. The highest BCUT2D eigenvalue weighted by atomic mass is 16.4. The molecule has 0 saturated heterocycles. The highest BCUT2D eigenvalue weighted by molar-refractivity contribution is 6.17. The normalized spacial score (nSPS) is 21.8. The number of carbonyl (C=O) groups excluding carboxylic acids is 1. The largest absolute Gasteiger partial charge is 0.478 e. The predicted molar refractivity (Wildman–Crippen MR) is 81.3 cm³/mol. The number of hydrogen-bond donors (Lipinski definition) is 2. The highest BCUT2D eigenvalue weighted by Gasteiger charge is 2.44. The molecule has 2 rings (SSSR count). The van der Waals surface area contributed by atoms with Gasteiger partial charge in [0.15, 0.2) is 0 Å². The maximum absolute atomic E-state index is 12.3. The van der Waals surface area contributed by atoms with Gasteiger partial charge in [0.2, 0.25) is 0 Å². The molecule has 1 aliphatic carbocycles. The SMILES string of the molecule is CCC/C(C(=O)O)=C(\CC)C1=NC2(CCCCC2)C(=O)N1. The van der Waals surface area contributed by atoms with Crippen LogP contribution in [0.3, 0.4) is 0 Å². The van der Waals surface area contributed by atoms with E-state index in [1.807, 2.05) is 13.8 Å². The second-order valence-electron chi connectivity index (χ2n) is 5.87. The number of aliphatic carboxylic acids is 1. The number of amidine groups is 1. The molecule has 2 N–H and O–H groups in total. The Labute approximate surface area is 125 Å². The van der Waals surface area contributed by atoms with E-state index in [9.17, 15) is 14.7 Å². The van der Waals surface area contributed by atoms with Gasteiger partial charge >= 0.3 is 5.97 Å². The molecule has 0 aromatic rings. The van der Waals surface area contributed by atoms with Crippen LogP contribution in [0.15, 0.2) is 16.1 Å². The number of carboxylic acid groups (broad SMARTS) is 1. The van der Waals surface area contributed by atoms with Crippen LogP contribution in [0.25, 0.3) is 0 Å². The second-order valence-corrected chi connectivity index (χ2v) is 5.87. The number of nitrogens with zero attached hydrogens (tertiary/aromatic N) is 1. The van der Waals surface area contributed by atoms with Gasteiger partial charge in [0, 0.05) is 11.1 Å². The lowest BCUT2D eigenvalue weighted by molar-refractivity contribution is -0.133. The maximum Gasteiger partial charge on any atom is 0.331 e. The summed E-state index contributed by atoms with van der Waals surface area (Å²) in [6, 6.07) is 0. The van der Waals surface area contributed by atoms with Crippen LogP contribution in [0.2, 0.25) is 0 Å². The van der Waals surface area contributed by atoms with Gasteiger partial charge in [0.25, 0.3) is 5.91 Å². The van der Waals surface area contributed by atoms with E-state index in [1.165, 1.54) is 0 Å². The van der Waals surface area contributed by atoms with Gasteiger partial charge in [-0.25, -0.2) is 4.79 Å². The highest BCUT2D eigenvalue weighted by Crippen LogP contribution is 2.35. The van der Waals surface area contributed by atoms with Crippen molar-refractivity contribution in [3.8, 4) is 0 Å². The Morgan fingerprint density at radius 3 is 2.48 bits per heavy atom. The minimum atomic E-state index is -0.907. The first-order valence-corrected chi connectivity index (χ1v) is 7.91. The van der Waals surface area contributed by atoms with Crippen LogP contribution < -0.4 is 5.32 Å². The van der Waals surface area contributed by atoms with Gasteiger partial charge in [-0.15, -0.1) is 0 Å². The van der Waals surface area contributed by atoms with E-state index in [2.05, 4.69) is 10.3 Å². The van der Waals surface area contributed by atoms with Gasteiger partial charge in [0.1, 0.15) is 11.4 Å². The monoisotopic (exact) mass is 292 g/mol. The van der Waals surface area contributed by atoms with E-state index in [4.69, 9.17) is 0 Å². The maximum atomic E-state index is 12.3. The summed E-state index contributed by atoms with van der Waals surface area (Å²) in [6.07, 6.45) is 6.54. The molecule has 0 radical (unpaired) electrons. The second kappa shape index (κ2) is 6.41. The van der Waals surface area contributed by atoms with Gasteiger partial charge in [-0.3, -0.25) is 9.79 Å². The zero-order valence-corrected chi connectivity index (χ0v) is 12.9. The molecular weight excluding hydrogens is 268 g/mol. The fourth-order valence-corrected chi connectivity index (χ4v) is 3.30. The zero-order valence-electron chi connectivity index (χ0n) is 12.9. The molecule has 1 aliphatic heterocycles. The Morgan fingerprint density at radius 2 is 1.95 bits per heavy atom. The summed E-state index contributed by atoms with van der Waals surface area (Å²) >= 11 is 0. The van der Waals surface area contributed by atoms with Crippen molar-refractivity contribution in [1.29, 1.82) is 0 Å². The van der Waals surface area contributed by atoms with Crippen molar-refractivity contribution >= 4 is 17.7 Å². The zero-order chi connectivity index (χ0) is 15.5. The van der Waals surface area contributed by atoms with Crippen molar-refractivity contribution < 1.29 is 14.7 Å². The number of carbonyl (C=O) groups is 2. The average molecular weight is 292 g/mol. The van der Waals surface area contributed by atoms with Crippen LogP contribution >= 0.6 is 0 Å². The number of hydrogen-bond acceptors (Lipinski definition) is 3. The topological polar surface area (TPSA) is 78.8 Å². The molecular formula is C16H24N2O3. The van der Waals surface area contributed by atoms with Crippen molar-refractivity contribution in [3.05, 3.63) is 11.1 Å². The smallest absolute Gasteiger partial charge is 0.331 e. The molecule has 2 aliphatic rings. The molecule has 0 bridgehead atoms. The first-order chi connectivity index (χ1) is 10.0. The van der Waals surface area contributed by atoms with Gasteiger partial charge in [-0.2, -0.15) is 0 Å². The first-order valence-electron chi connectivity index (χ1n) is 7.91. The summed E-state index contributed by atoms with van der Waals surface area (Å²) in [7, 11) is 0. The molecule has 21 heavy (non-hydrogen) atoms. The van der Waals surface area contributed by atoms with E-state index in [0.29, 0.717) is 29.8 Å². The number of nitrogens with one attached hydrogen (secondary N) is 1. The third-order valence-corrected chi connectivity index (χ3v) is 4.42. The van der Waals surface area contributed by atoms with Crippen LogP contribution in [-0.4, -0.2) is 28.4 Å². The summed E-state index contributed by atoms with van der Waals surface area (Å²) in [4.78, 5) is 28.5. The Hall–Kier alpha value is -1.65. The summed E-state index contributed by atoms with van der Waals surface area (Å²) in [5.74, 6) is -0.463. The number of aliphatic imine (C=N–C) groups is 1. The molecule has 1 heterocycles. The minimum absolute atomic E-state index is 0.0515. The molecule has 0 aromatic carbocycles. The fraction of sp³-hybridized carbons (Fsp3) is 0.688. The predicted octanol–water partition coefficient (Wildman–Crippen LogP) is 2.81. The molecule has 116 valence electrons. The fourth-order valence-electron chi connectivity index (χ4n) is 3.30. The van der Waals surface area contributed by atoms with Gasteiger partial charge in [-0.05, 0) is 25.7 Å². The molecule has 1 amide bonds. The summed E-state index contributed by atoms with van der Waals surface area (Å²) < 4.78 is 0. The lowest BCUT2D eigenvalue weighted by Gasteiger charge is -2.27. The van der Waals surface area contributed by atoms with E-state index in [-0.39, 0.29) is 5.91 Å². The van der Waals surface area contributed by atoms with Crippen LogP contribution in [0, 0.1) is 0 Å². The Kier molecular flexibility index (Phi) is 4.80. The van der Waals surface area contributed by atoms with Crippen molar-refractivity contribution in [2.75, 3.05) is 0 Å². The minimum Gasteiger partial charge on any atom is -0.478 e. The van der Waals surface area contributed by atoms with Crippen molar-refractivity contribution in [1.82, 2.24) is 5.32 Å². The quantitative estimate of drug-likeness (QED) is 0.765. The average Bonchev–Trinajstić information content (AvgIpc) is 2.76. The molecule has 0 aromatic heterocycles. The molecule has 1 spiro atoms. The third-order valence-electron chi connectivity index (χ3n) is 4.42. The number of carboxylic acids is 1. The van der Waals surface area contributed by atoms with Crippen LogP contribution in [0.4, 0.5) is 0 Å². The Bertz CT molecular complexity index is 500. The van der Waals surface area contributed by atoms with Crippen molar-refractivity contribution in [2.24, 2.45) is 4.99 Å². The van der Waals surface area contributed by atoms with Crippen LogP contribution in [0.1, 0.15) is 65.2 Å². The summed E-state index contributed by atoms with van der Waals surface area (Å²) in [5.41, 5.74) is 0.427. The van der Waals surface area contributed by atoms with Crippen LogP contribution in [-0.2, 0) is 9.59 Å². The molecule has 5 nitrogen and oxygen atoms in total. The van der Waals surface area contributed by atoms with Crippen LogP contribution in [0.5, 0.6) is 0 Å². The molecule has 5 heteroatoms. The van der Waals surface area contributed by atoms with Gasteiger partial charge in [-0.1, -0.05) is 39.5 Å². The number of amides is 1. The molecule has 0 atom stereocenters. The van der Waals surface area contributed by atoms with E-state index < -0.39 is 11.5 Å². The standard InChI is InChI=1S/C16H24N2O3/c1-3-8-12(14(19)20)11(4-2)13-17-15(21)16(18-13)9-6-5-7-10-16/h3-10H2,1-2H3,(H,19,20)(H,17,18,21)/b12-11-. The Balaban J connectivity index is 2.38. The number of rotatable bonds is 5. The lowest BCUT2D eigenvalue weighted by Crippen LogP contribution is -2.41.